The van der Waals surface area contributed by atoms with E-state index in [1.807, 2.05) is 55.4 Å². The summed E-state index contributed by atoms with van der Waals surface area (Å²) >= 11 is 0. The smallest absolute Gasteiger partial charge is 0.309 e. The van der Waals surface area contributed by atoms with E-state index in [1.54, 1.807) is 48.5 Å². The zero-order valence-corrected chi connectivity index (χ0v) is 23.6. The number of esters is 1. The van der Waals surface area contributed by atoms with E-state index < -0.39 is 11.8 Å². The summed E-state index contributed by atoms with van der Waals surface area (Å²) in [5.41, 5.74) is 5.11. The number of carbonyl (C=O) groups is 2. The molecule has 4 aromatic carbocycles. The maximum atomic E-state index is 13.8. The second-order valence-corrected chi connectivity index (χ2v) is 9.68. The SMILES string of the molecule is COc1ccccc1C(=O)Nc1ccc(-c2c(-c3ccc(N(C)C)cc3)nn(-c3ccc(F)cc3)c2OC(C)=O)cc1. The summed E-state index contributed by atoms with van der Waals surface area (Å²) in [6, 6.07) is 27.7. The largest absolute Gasteiger partial charge is 0.496 e. The Labute approximate surface area is 242 Å². The molecule has 0 aliphatic heterocycles. The maximum absolute atomic E-state index is 13.8. The highest BCUT2D eigenvalue weighted by molar-refractivity contribution is 6.06. The van der Waals surface area contributed by atoms with Crippen molar-refractivity contribution in [3.8, 4) is 39.7 Å². The Morgan fingerprint density at radius 2 is 1.50 bits per heavy atom. The fraction of sp³-hybridized carbons (Fsp3) is 0.121. The number of methoxy groups -OCH3 is 1. The van der Waals surface area contributed by atoms with Gasteiger partial charge in [0.15, 0.2) is 0 Å². The molecule has 1 amide bonds. The molecule has 0 spiro atoms. The van der Waals surface area contributed by atoms with E-state index in [-0.39, 0.29) is 11.8 Å². The minimum absolute atomic E-state index is 0.187. The van der Waals surface area contributed by atoms with Crippen molar-refractivity contribution in [3.63, 3.8) is 0 Å². The molecule has 9 heteroatoms. The molecule has 0 saturated heterocycles. The molecular formula is C33H29FN4O4. The second-order valence-electron chi connectivity index (χ2n) is 9.68. The number of anilines is 2. The van der Waals surface area contributed by atoms with Gasteiger partial charge in [0.1, 0.15) is 17.3 Å². The van der Waals surface area contributed by atoms with Crippen molar-refractivity contribution in [1.82, 2.24) is 9.78 Å². The zero-order valence-electron chi connectivity index (χ0n) is 23.6. The van der Waals surface area contributed by atoms with E-state index in [9.17, 15) is 14.0 Å². The maximum Gasteiger partial charge on any atom is 0.309 e. The summed E-state index contributed by atoms with van der Waals surface area (Å²) in [4.78, 5) is 27.2. The summed E-state index contributed by atoms with van der Waals surface area (Å²) in [5.74, 6) is -0.589. The third-order valence-corrected chi connectivity index (χ3v) is 6.59. The summed E-state index contributed by atoms with van der Waals surface area (Å²) < 4.78 is 26.3. The molecule has 0 saturated carbocycles. The number of para-hydroxylation sites is 1. The Bertz CT molecular complexity index is 1730. The Morgan fingerprint density at radius 1 is 0.857 bits per heavy atom. The van der Waals surface area contributed by atoms with Crippen LogP contribution in [0.15, 0.2) is 97.1 Å². The summed E-state index contributed by atoms with van der Waals surface area (Å²) in [5, 5.41) is 7.73. The topological polar surface area (TPSA) is 85.7 Å². The van der Waals surface area contributed by atoms with Gasteiger partial charge in [0.05, 0.1) is 23.9 Å². The van der Waals surface area contributed by atoms with Crippen molar-refractivity contribution < 1.29 is 23.5 Å². The number of ether oxygens (including phenoxy) is 2. The number of rotatable bonds is 8. The number of amides is 1. The van der Waals surface area contributed by atoms with Crippen LogP contribution in [0.4, 0.5) is 15.8 Å². The van der Waals surface area contributed by atoms with Crippen molar-refractivity contribution >= 4 is 23.3 Å². The van der Waals surface area contributed by atoms with E-state index in [0.29, 0.717) is 39.5 Å². The van der Waals surface area contributed by atoms with Gasteiger partial charge in [0.2, 0.25) is 5.88 Å². The Morgan fingerprint density at radius 3 is 2.12 bits per heavy atom. The molecule has 0 bridgehead atoms. The van der Waals surface area contributed by atoms with E-state index in [4.69, 9.17) is 14.6 Å². The van der Waals surface area contributed by atoms with Crippen LogP contribution < -0.4 is 19.7 Å². The van der Waals surface area contributed by atoms with Crippen molar-refractivity contribution in [2.24, 2.45) is 0 Å². The molecule has 0 atom stereocenters. The van der Waals surface area contributed by atoms with Gasteiger partial charge >= 0.3 is 5.97 Å². The number of nitrogens with zero attached hydrogens (tertiary/aromatic N) is 3. The third kappa shape index (κ3) is 5.85. The minimum Gasteiger partial charge on any atom is -0.496 e. The average Bonchev–Trinajstić information content (AvgIpc) is 3.36. The fourth-order valence-corrected chi connectivity index (χ4v) is 4.52. The Balaban J connectivity index is 1.60. The van der Waals surface area contributed by atoms with Crippen LogP contribution in [0.1, 0.15) is 17.3 Å². The molecule has 5 rings (SSSR count). The van der Waals surface area contributed by atoms with Gasteiger partial charge in [-0.1, -0.05) is 36.4 Å². The highest BCUT2D eigenvalue weighted by Crippen LogP contribution is 2.41. The van der Waals surface area contributed by atoms with Crippen LogP contribution in [0.25, 0.3) is 28.1 Å². The van der Waals surface area contributed by atoms with Crippen LogP contribution in [0.2, 0.25) is 0 Å². The highest BCUT2D eigenvalue weighted by atomic mass is 19.1. The molecule has 1 N–H and O–H groups in total. The van der Waals surface area contributed by atoms with Crippen molar-refractivity contribution in [1.29, 1.82) is 0 Å². The third-order valence-electron chi connectivity index (χ3n) is 6.59. The molecule has 0 radical (unpaired) electrons. The first kappa shape index (κ1) is 28.1. The number of carbonyl (C=O) groups excluding carboxylic acids is 2. The van der Waals surface area contributed by atoms with Gasteiger partial charge in [0.25, 0.3) is 5.91 Å². The standard InChI is InChI=1S/C33H29FN4O4/c1-21(39)42-33-30(22-9-15-25(16-10-22)35-32(40)28-7-5-6-8-29(28)41-4)31(23-11-17-26(18-12-23)37(2)3)36-38(33)27-19-13-24(34)14-20-27/h5-20H,1-4H3,(H,35,40). The molecule has 1 heterocycles. The van der Waals surface area contributed by atoms with Crippen LogP contribution in [0.5, 0.6) is 11.6 Å². The van der Waals surface area contributed by atoms with Gasteiger partial charge in [-0.2, -0.15) is 9.78 Å². The van der Waals surface area contributed by atoms with Crippen molar-refractivity contribution in [3.05, 3.63) is 108 Å². The van der Waals surface area contributed by atoms with Gasteiger partial charge < -0.3 is 19.7 Å². The minimum atomic E-state index is -0.533. The lowest BCUT2D eigenvalue weighted by atomic mass is 10.0. The molecular weight excluding hydrogens is 535 g/mol. The Kier molecular flexibility index (Phi) is 8.01. The van der Waals surface area contributed by atoms with Gasteiger partial charge in [-0.05, 0) is 66.2 Å². The van der Waals surface area contributed by atoms with Gasteiger partial charge in [-0.25, -0.2) is 4.39 Å². The lowest BCUT2D eigenvalue weighted by molar-refractivity contribution is -0.132. The normalized spacial score (nSPS) is 10.7. The van der Waals surface area contributed by atoms with Gasteiger partial charge in [0, 0.05) is 38.0 Å². The quantitative estimate of drug-likeness (QED) is 0.214. The molecule has 8 nitrogen and oxygen atoms in total. The summed E-state index contributed by atoms with van der Waals surface area (Å²) in [6.45, 7) is 1.31. The molecule has 0 unspecified atom stereocenters. The summed E-state index contributed by atoms with van der Waals surface area (Å²) in [6.07, 6.45) is 0. The first-order chi connectivity index (χ1) is 20.2. The van der Waals surface area contributed by atoms with Crippen LogP contribution in [-0.2, 0) is 4.79 Å². The lowest BCUT2D eigenvalue weighted by Crippen LogP contribution is -2.13. The molecule has 42 heavy (non-hydrogen) atoms. The predicted octanol–water partition coefficient (Wildman–Crippen LogP) is 6.60. The molecule has 0 fully saturated rings. The van der Waals surface area contributed by atoms with Crippen LogP contribution >= 0.6 is 0 Å². The zero-order chi connectivity index (χ0) is 29.8. The van der Waals surface area contributed by atoms with Crippen molar-refractivity contribution in [2.45, 2.75) is 6.92 Å². The number of halogens is 1. The van der Waals surface area contributed by atoms with Gasteiger partial charge in [-0.15, -0.1) is 0 Å². The average molecular weight is 565 g/mol. The molecule has 212 valence electrons. The number of aromatic nitrogens is 2. The van der Waals surface area contributed by atoms with Crippen LogP contribution in [0, 0.1) is 5.82 Å². The van der Waals surface area contributed by atoms with E-state index >= 15 is 0 Å². The predicted molar refractivity (Wildman–Crippen MR) is 161 cm³/mol. The van der Waals surface area contributed by atoms with E-state index in [0.717, 1.165) is 11.3 Å². The second kappa shape index (κ2) is 12.0. The van der Waals surface area contributed by atoms with Crippen molar-refractivity contribution in [2.75, 3.05) is 31.4 Å². The Hall–Kier alpha value is -5.44. The summed E-state index contributed by atoms with van der Waals surface area (Å²) in [7, 11) is 5.42. The lowest BCUT2D eigenvalue weighted by Gasteiger charge is -2.13. The number of benzene rings is 4. The number of hydrogen-bond acceptors (Lipinski definition) is 6. The van der Waals surface area contributed by atoms with Crippen LogP contribution in [0.3, 0.4) is 0 Å². The van der Waals surface area contributed by atoms with Gasteiger partial charge in [-0.3, -0.25) is 9.59 Å². The molecule has 1 aromatic heterocycles. The highest BCUT2D eigenvalue weighted by Gasteiger charge is 2.25. The van der Waals surface area contributed by atoms with E-state index in [1.165, 1.54) is 30.8 Å². The monoisotopic (exact) mass is 564 g/mol. The van der Waals surface area contributed by atoms with E-state index in [2.05, 4.69) is 5.32 Å². The molecule has 5 aromatic rings. The molecule has 0 aliphatic rings. The first-order valence-corrected chi connectivity index (χ1v) is 13.1. The molecule has 0 aliphatic carbocycles. The number of hydrogen-bond donors (Lipinski definition) is 1. The first-order valence-electron chi connectivity index (χ1n) is 13.1. The number of nitrogens with one attached hydrogen (secondary N) is 1. The fourth-order valence-electron chi connectivity index (χ4n) is 4.52. The van der Waals surface area contributed by atoms with Crippen LogP contribution in [-0.4, -0.2) is 42.9 Å².